The van der Waals surface area contributed by atoms with Crippen molar-refractivity contribution in [3.05, 3.63) is 53.6 Å². The van der Waals surface area contributed by atoms with Crippen LogP contribution < -0.4 is 10.6 Å². The lowest BCUT2D eigenvalue weighted by atomic mass is 10.1. The van der Waals surface area contributed by atoms with E-state index in [9.17, 15) is 4.79 Å². The van der Waals surface area contributed by atoms with E-state index >= 15 is 0 Å². The largest absolute Gasteiger partial charge is 0.478 e. The predicted molar refractivity (Wildman–Crippen MR) is 81.7 cm³/mol. The van der Waals surface area contributed by atoms with E-state index in [0.717, 1.165) is 16.9 Å². The van der Waals surface area contributed by atoms with E-state index in [2.05, 4.69) is 0 Å². The highest BCUT2D eigenvalue weighted by Gasteiger charge is 2.14. The first-order chi connectivity index (χ1) is 9.54. The van der Waals surface area contributed by atoms with Crippen LogP contribution in [0.5, 0.6) is 0 Å². The van der Waals surface area contributed by atoms with E-state index in [0.29, 0.717) is 12.2 Å². The lowest BCUT2D eigenvalue weighted by Gasteiger charge is -2.26. The Bertz CT molecular complexity index is 638. The van der Waals surface area contributed by atoms with E-state index in [1.165, 1.54) is 6.07 Å². The third kappa shape index (κ3) is 2.59. The van der Waals surface area contributed by atoms with Crippen LogP contribution in [0.2, 0.25) is 0 Å². The fraction of sp³-hybridized carbons (Fsp3) is 0.188. The molecule has 20 heavy (non-hydrogen) atoms. The number of nitrogen functional groups attached to an aromatic ring is 1. The normalized spacial score (nSPS) is 10.3. The lowest BCUT2D eigenvalue weighted by Crippen LogP contribution is -2.19. The number of aromatic carboxylic acids is 1. The van der Waals surface area contributed by atoms with Gasteiger partial charge in [-0.15, -0.1) is 0 Å². The zero-order chi connectivity index (χ0) is 14.7. The smallest absolute Gasteiger partial charge is 0.335 e. The second kappa shape index (κ2) is 5.65. The van der Waals surface area contributed by atoms with Crippen LogP contribution in [0, 0.1) is 6.92 Å². The van der Waals surface area contributed by atoms with Crippen molar-refractivity contribution in [2.24, 2.45) is 0 Å². The zero-order valence-electron chi connectivity index (χ0n) is 11.6. The van der Waals surface area contributed by atoms with E-state index in [-0.39, 0.29) is 5.56 Å². The minimum Gasteiger partial charge on any atom is -0.478 e. The van der Waals surface area contributed by atoms with Crippen LogP contribution in [0.25, 0.3) is 0 Å². The Morgan fingerprint density at radius 2 is 1.90 bits per heavy atom. The molecule has 0 bridgehead atoms. The fourth-order valence-corrected chi connectivity index (χ4v) is 2.25. The van der Waals surface area contributed by atoms with E-state index in [1.807, 2.05) is 43.0 Å². The maximum absolute atomic E-state index is 11.1. The summed E-state index contributed by atoms with van der Waals surface area (Å²) in [4.78, 5) is 13.1. The number of anilines is 3. The number of aryl methyl sites for hydroxylation is 1. The molecule has 0 heterocycles. The highest BCUT2D eigenvalue weighted by atomic mass is 16.4. The summed E-state index contributed by atoms with van der Waals surface area (Å²) in [5.74, 6) is -0.952. The highest BCUT2D eigenvalue weighted by Crippen LogP contribution is 2.32. The van der Waals surface area contributed by atoms with Gasteiger partial charge in [-0.1, -0.05) is 18.2 Å². The van der Waals surface area contributed by atoms with Crippen LogP contribution in [0.1, 0.15) is 22.8 Å². The number of carboxylic acid groups (broad SMARTS) is 1. The molecule has 0 saturated heterocycles. The summed E-state index contributed by atoms with van der Waals surface area (Å²) in [7, 11) is 0. The number of carbonyl (C=O) groups is 1. The average molecular weight is 270 g/mol. The molecular formula is C16H18N2O2. The Hall–Kier alpha value is -2.49. The van der Waals surface area contributed by atoms with Crippen LogP contribution >= 0.6 is 0 Å². The number of rotatable bonds is 4. The van der Waals surface area contributed by atoms with Gasteiger partial charge in [-0.3, -0.25) is 0 Å². The Labute approximate surface area is 118 Å². The highest BCUT2D eigenvalue weighted by molar-refractivity contribution is 5.91. The SMILES string of the molecule is CCN(c1ccccc1C)c1cc(C(=O)O)ccc1N. The van der Waals surface area contributed by atoms with Crippen molar-refractivity contribution < 1.29 is 9.90 Å². The minimum atomic E-state index is -0.952. The molecule has 0 fully saturated rings. The van der Waals surface area contributed by atoms with Gasteiger partial charge in [0.15, 0.2) is 0 Å². The monoisotopic (exact) mass is 270 g/mol. The number of nitrogens with zero attached hydrogens (tertiary/aromatic N) is 1. The second-order valence-electron chi connectivity index (χ2n) is 4.61. The summed E-state index contributed by atoms with van der Waals surface area (Å²) < 4.78 is 0. The number of hydrogen-bond acceptors (Lipinski definition) is 3. The molecule has 0 aliphatic heterocycles. The van der Waals surface area contributed by atoms with Gasteiger partial charge in [-0.25, -0.2) is 4.79 Å². The second-order valence-corrected chi connectivity index (χ2v) is 4.61. The molecular weight excluding hydrogens is 252 g/mol. The van der Waals surface area contributed by atoms with Crippen LogP contribution in [-0.2, 0) is 0 Å². The summed E-state index contributed by atoms with van der Waals surface area (Å²) in [6.07, 6.45) is 0. The Morgan fingerprint density at radius 1 is 1.20 bits per heavy atom. The van der Waals surface area contributed by atoms with E-state index in [1.54, 1.807) is 12.1 Å². The van der Waals surface area contributed by atoms with Gasteiger partial charge in [0.1, 0.15) is 0 Å². The molecule has 0 aliphatic rings. The summed E-state index contributed by atoms with van der Waals surface area (Å²) in [6.45, 7) is 4.74. The van der Waals surface area contributed by atoms with Gasteiger partial charge in [0.2, 0.25) is 0 Å². The van der Waals surface area contributed by atoms with Crippen molar-refractivity contribution in [3.63, 3.8) is 0 Å². The molecule has 0 aliphatic carbocycles. The number of benzene rings is 2. The van der Waals surface area contributed by atoms with E-state index in [4.69, 9.17) is 10.8 Å². The molecule has 0 aromatic heterocycles. The van der Waals surface area contributed by atoms with Crippen molar-refractivity contribution in [1.82, 2.24) is 0 Å². The standard InChI is InChI=1S/C16H18N2O2/c1-3-18(14-7-5-4-6-11(14)2)15-10-12(16(19)20)8-9-13(15)17/h4-10H,3,17H2,1-2H3,(H,19,20). The van der Waals surface area contributed by atoms with Gasteiger partial charge in [-0.05, 0) is 43.7 Å². The fourth-order valence-electron chi connectivity index (χ4n) is 2.25. The molecule has 2 aromatic carbocycles. The van der Waals surface area contributed by atoms with Crippen molar-refractivity contribution in [2.45, 2.75) is 13.8 Å². The third-order valence-corrected chi connectivity index (χ3v) is 3.29. The molecule has 0 saturated carbocycles. The van der Waals surface area contributed by atoms with Gasteiger partial charge in [0, 0.05) is 12.2 Å². The number of carboxylic acids is 1. The minimum absolute atomic E-state index is 0.237. The van der Waals surface area contributed by atoms with Crippen molar-refractivity contribution in [3.8, 4) is 0 Å². The maximum atomic E-state index is 11.1. The summed E-state index contributed by atoms with van der Waals surface area (Å²) in [5.41, 5.74) is 9.70. The lowest BCUT2D eigenvalue weighted by molar-refractivity contribution is 0.0697. The molecule has 0 amide bonds. The van der Waals surface area contributed by atoms with Gasteiger partial charge in [0.05, 0.1) is 16.9 Å². The zero-order valence-corrected chi connectivity index (χ0v) is 11.6. The third-order valence-electron chi connectivity index (χ3n) is 3.29. The quantitative estimate of drug-likeness (QED) is 0.835. The molecule has 4 heteroatoms. The molecule has 0 unspecified atom stereocenters. The summed E-state index contributed by atoms with van der Waals surface area (Å²) in [5, 5.41) is 9.12. The van der Waals surface area contributed by atoms with Gasteiger partial charge < -0.3 is 15.7 Å². The number of para-hydroxylation sites is 1. The molecule has 3 N–H and O–H groups in total. The van der Waals surface area contributed by atoms with Gasteiger partial charge in [-0.2, -0.15) is 0 Å². The molecule has 104 valence electrons. The number of nitrogens with two attached hydrogens (primary N) is 1. The topological polar surface area (TPSA) is 66.6 Å². The Kier molecular flexibility index (Phi) is 3.94. The first-order valence-corrected chi connectivity index (χ1v) is 6.50. The van der Waals surface area contributed by atoms with Crippen LogP contribution in [0.15, 0.2) is 42.5 Å². The van der Waals surface area contributed by atoms with Gasteiger partial charge in [0.25, 0.3) is 0 Å². The molecule has 4 nitrogen and oxygen atoms in total. The summed E-state index contributed by atoms with van der Waals surface area (Å²) in [6, 6.07) is 12.7. The van der Waals surface area contributed by atoms with Crippen molar-refractivity contribution >= 4 is 23.0 Å². The molecule has 0 radical (unpaired) electrons. The van der Waals surface area contributed by atoms with Crippen LogP contribution in [0.4, 0.5) is 17.1 Å². The van der Waals surface area contributed by atoms with E-state index < -0.39 is 5.97 Å². The molecule has 0 atom stereocenters. The maximum Gasteiger partial charge on any atom is 0.335 e. The first-order valence-electron chi connectivity index (χ1n) is 6.50. The molecule has 2 aromatic rings. The van der Waals surface area contributed by atoms with Crippen molar-refractivity contribution in [2.75, 3.05) is 17.2 Å². The Morgan fingerprint density at radius 3 is 2.50 bits per heavy atom. The Balaban J connectivity index is 2.55. The first kappa shape index (κ1) is 13.9. The van der Waals surface area contributed by atoms with Gasteiger partial charge >= 0.3 is 5.97 Å². The van der Waals surface area contributed by atoms with Crippen molar-refractivity contribution in [1.29, 1.82) is 0 Å². The van der Waals surface area contributed by atoms with Crippen LogP contribution in [0.3, 0.4) is 0 Å². The average Bonchev–Trinajstić information content (AvgIpc) is 2.43. The molecule has 0 spiro atoms. The predicted octanol–water partition coefficient (Wildman–Crippen LogP) is 3.43. The summed E-state index contributed by atoms with van der Waals surface area (Å²) >= 11 is 0. The molecule has 2 rings (SSSR count). The van der Waals surface area contributed by atoms with Crippen LogP contribution in [-0.4, -0.2) is 17.6 Å². The number of hydrogen-bond donors (Lipinski definition) is 2.